The maximum absolute atomic E-state index is 10.3. The van der Waals surface area contributed by atoms with Gasteiger partial charge in [-0.3, -0.25) is 4.79 Å². The number of carboxylic acid groups (broad SMARTS) is 1. The highest BCUT2D eigenvalue weighted by Crippen LogP contribution is 2.07. The second-order valence-electron chi connectivity index (χ2n) is 2.05. The zero-order valence-electron chi connectivity index (χ0n) is 5.92. The van der Waals surface area contributed by atoms with Crippen LogP contribution in [0.3, 0.4) is 0 Å². The molecule has 1 atom stereocenters. The van der Waals surface area contributed by atoms with Crippen molar-refractivity contribution in [3.63, 3.8) is 0 Å². The van der Waals surface area contributed by atoms with Crippen LogP contribution in [0.15, 0.2) is 25.3 Å². The van der Waals surface area contributed by atoms with Crippen molar-refractivity contribution in [3.05, 3.63) is 25.3 Å². The van der Waals surface area contributed by atoms with Crippen molar-refractivity contribution in [1.29, 1.82) is 0 Å². The molecule has 0 aliphatic heterocycles. The van der Waals surface area contributed by atoms with E-state index in [-0.39, 0.29) is 0 Å². The maximum Gasteiger partial charge on any atom is 0.310 e. The second-order valence-corrected chi connectivity index (χ2v) is 2.05. The Kier molecular flexibility index (Phi) is 4.29. The van der Waals surface area contributed by atoms with E-state index in [4.69, 9.17) is 5.11 Å². The van der Waals surface area contributed by atoms with Crippen LogP contribution in [0.4, 0.5) is 0 Å². The highest BCUT2D eigenvalue weighted by atomic mass is 16.4. The molecule has 0 saturated carbocycles. The maximum atomic E-state index is 10.3. The first kappa shape index (κ1) is 8.95. The number of aliphatic carboxylic acids is 1. The molecule has 10 heavy (non-hydrogen) atoms. The number of carboxylic acids is 1. The van der Waals surface area contributed by atoms with Gasteiger partial charge in [0.2, 0.25) is 0 Å². The number of hydrogen-bond acceptors (Lipinski definition) is 1. The monoisotopic (exact) mass is 140 g/mol. The van der Waals surface area contributed by atoms with E-state index in [0.717, 1.165) is 6.42 Å². The Balaban J connectivity index is 3.71. The number of carbonyl (C=O) groups is 1. The minimum atomic E-state index is -0.808. The quantitative estimate of drug-likeness (QED) is 0.591. The minimum Gasteiger partial charge on any atom is -0.481 e. The van der Waals surface area contributed by atoms with E-state index in [1.807, 2.05) is 0 Å². The lowest BCUT2D eigenvalue weighted by molar-refractivity contribution is -0.140. The van der Waals surface area contributed by atoms with Gasteiger partial charge in [0.05, 0.1) is 5.92 Å². The fraction of sp³-hybridized carbons (Fsp3) is 0.375. The summed E-state index contributed by atoms with van der Waals surface area (Å²) in [4.78, 5) is 10.3. The molecule has 56 valence electrons. The first-order valence-electron chi connectivity index (χ1n) is 3.18. The van der Waals surface area contributed by atoms with Gasteiger partial charge < -0.3 is 5.11 Å². The van der Waals surface area contributed by atoms with Crippen molar-refractivity contribution in [2.24, 2.45) is 5.92 Å². The molecule has 0 radical (unpaired) electrons. The molecule has 0 fully saturated rings. The van der Waals surface area contributed by atoms with E-state index in [9.17, 15) is 4.79 Å². The molecular formula is C8H12O2. The van der Waals surface area contributed by atoms with Crippen LogP contribution in [0.1, 0.15) is 12.8 Å². The van der Waals surface area contributed by atoms with Crippen LogP contribution in [-0.4, -0.2) is 11.1 Å². The van der Waals surface area contributed by atoms with Crippen molar-refractivity contribution in [1.82, 2.24) is 0 Å². The van der Waals surface area contributed by atoms with Crippen LogP contribution in [0, 0.1) is 5.92 Å². The molecule has 0 saturated heterocycles. The van der Waals surface area contributed by atoms with E-state index >= 15 is 0 Å². The van der Waals surface area contributed by atoms with E-state index in [1.54, 1.807) is 6.08 Å². The van der Waals surface area contributed by atoms with Crippen LogP contribution >= 0.6 is 0 Å². The number of allylic oxidation sites excluding steroid dienone is 1. The van der Waals surface area contributed by atoms with Gasteiger partial charge in [-0.15, -0.1) is 13.2 Å². The highest BCUT2D eigenvalue weighted by molar-refractivity contribution is 5.71. The Hall–Kier alpha value is -1.05. The van der Waals surface area contributed by atoms with Crippen molar-refractivity contribution in [2.45, 2.75) is 12.8 Å². The third-order valence-corrected chi connectivity index (χ3v) is 1.28. The smallest absolute Gasteiger partial charge is 0.310 e. The molecule has 0 aromatic carbocycles. The topological polar surface area (TPSA) is 37.3 Å². The molecular weight excluding hydrogens is 128 g/mol. The summed E-state index contributed by atoms with van der Waals surface area (Å²) in [7, 11) is 0. The Morgan fingerprint density at radius 1 is 1.60 bits per heavy atom. The Labute approximate surface area is 60.9 Å². The molecule has 0 aliphatic rings. The van der Waals surface area contributed by atoms with Crippen molar-refractivity contribution >= 4 is 5.97 Å². The Morgan fingerprint density at radius 2 is 2.20 bits per heavy atom. The highest BCUT2D eigenvalue weighted by Gasteiger charge is 2.10. The normalized spacial score (nSPS) is 12.0. The van der Waals surface area contributed by atoms with Crippen molar-refractivity contribution < 1.29 is 9.90 Å². The zero-order chi connectivity index (χ0) is 7.98. The standard InChI is InChI=1S/C8H12O2/c1-3-5-6-7(4-2)8(9)10/h3-4,7H,1-2,5-6H2,(H,9,10)/t7-/m1/s1. The second kappa shape index (κ2) is 4.79. The Bertz CT molecular complexity index is 138. The molecule has 0 spiro atoms. The summed E-state index contributed by atoms with van der Waals surface area (Å²) < 4.78 is 0. The lowest BCUT2D eigenvalue weighted by Gasteiger charge is -2.02. The van der Waals surface area contributed by atoms with Gasteiger partial charge in [-0.25, -0.2) is 0 Å². The van der Waals surface area contributed by atoms with Crippen molar-refractivity contribution in [2.75, 3.05) is 0 Å². The van der Waals surface area contributed by atoms with Gasteiger partial charge >= 0.3 is 5.97 Å². The fourth-order valence-electron chi connectivity index (χ4n) is 0.640. The molecule has 0 bridgehead atoms. The lowest BCUT2D eigenvalue weighted by Crippen LogP contribution is -2.09. The van der Waals surface area contributed by atoms with Crippen LogP contribution in [0.5, 0.6) is 0 Å². The van der Waals surface area contributed by atoms with Crippen LogP contribution in [-0.2, 0) is 4.79 Å². The number of hydrogen-bond donors (Lipinski definition) is 1. The molecule has 0 amide bonds. The largest absolute Gasteiger partial charge is 0.481 e. The zero-order valence-corrected chi connectivity index (χ0v) is 5.92. The third-order valence-electron chi connectivity index (χ3n) is 1.28. The lowest BCUT2D eigenvalue weighted by atomic mass is 10.0. The van der Waals surface area contributed by atoms with Gasteiger partial charge in [-0.2, -0.15) is 0 Å². The molecule has 1 N–H and O–H groups in total. The molecule has 0 aromatic heterocycles. The third kappa shape index (κ3) is 3.07. The summed E-state index contributed by atoms with van der Waals surface area (Å²) in [5.41, 5.74) is 0. The van der Waals surface area contributed by atoms with E-state index in [1.165, 1.54) is 6.08 Å². The van der Waals surface area contributed by atoms with E-state index < -0.39 is 11.9 Å². The predicted octanol–water partition coefficient (Wildman–Crippen LogP) is 1.84. The SMILES string of the molecule is C=CCC[C@@H](C=C)C(=O)O. The van der Waals surface area contributed by atoms with Crippen LogP contribution in [0.25, 0.3) is 0 Å². The molecule has 0 unspecified atom stereocenters. The summed E-state index contributed by atoms with van der Waals surface area (Å²) in [6.45, 7) is 6.92. The average Bonchev–Trinajstić information content (AvgIpc) is 1.89. The van der Waals surface area contributed by atoms with Crippen molar-refractivity contribution in [3.8, 4) is 0 Å². The van der Waals surface area contributed by atoms with Gasteiger partial charge in [0.25, 0.3) is 0 Å². The van der Waals surface area contributed by atoms with Crippen LogP contribution < -0.4 is 0 Å². The molecule has 2 nitrogen and oxygen atoms in total. The molecule has 2 heteroatoms. The molecule has 0 aromatic rings. The Morgan fingerprint density at radius 3 is 2.50 bits per heavy atom. The van der Waals surface area contributed by atoms with Crippen LogP contribution in [0.2, 0.25) is 0 Å². The summed E-state index contributed by atoms with van der Waals surface area (Å²) >= 11 is 0. The number of rotatable bonds is 5. The van der Waals surface area contributed by atoms with E-state index in [2.05, 4.69) is 13.2 Å². The molecule has 0 rings (SSSR count). The predicted molar refractivity (Wildman–Crippen MR) is 40.8 cm³/mol. The minimum absolute atomic E-state index is 0.419. The van der Waals surface area contributed by atoms with Gasteiger partial charge in [-0.05, 0) is 12.8 Å². The van der Waals surface area contributed by atoms with Gasteiger partial charge in [0, 0.05) is 0 Å². The molecule has 0 aliphatic carbocycles. The molecule has 0 heterocycles. The fourth-order valence-corrected chi connectivity index (χ4v) is 0.640. The summed E-state index contributed by atoms with van der Waals surface area (Å²) in [6, 6.07) is 0. The van der Waals surface area contributed by atoms with Gasteiger partial charge in [-0.1, -0.05) is 12.2 Å². The summed E-state index contributed by atoms with van der Waals surface area (Å²) in [5, 5.41) is 8.49. The van der Waals surface area contributed by atoms with Gasteiger partial charge in [0.15, 0.2) is 0 Å². The van der Waals surface area contributed by atoms with E-state index in [0.29, 0.717) is 6.42 Å². The van der Waals surface area contributed by atoms with Gasteiger partial charge in [0.1, 0.15) is 0 Å². The first-order chi connectivity index (χ1) is 4.72. The first-order valence-corrected chi connectivity index (χ1v) is 3.18. The summed E-state index contributed by atoms with van der Waals surface area (Å²) in [5.74, 6) is -1.23. The average molecular weight is 140 g/mol. The summed E-state index contributed by atoms with van der Waals surface area (Å²) in [6.07, 6.45) is 4.48.